The predicted octanol–water partition coefficient (Wildman–Crippen LogP) is 2.66. The van der Waals surface area contributed by atoms with Crippen LogP contribution in [0.3, 0.4) is 0 Å². The molecule has 84 valence electrons. The topological polar surface area (TPSA) is 28.2 Å². The van der Waals surface area contributed by atoms with Gasteiger partial charge in [0.25, 0.3) is 0 Å². The van der Waals surface area contributed by atoms with Crippen LogP contribution in [-0.2, 0) is 0 Å². The van der Waals surface area contributed by atoms with Gasteiger partial charge in [-0.05, 0) is 48.3 Å². The summed E-state index contributed by atoms with van der Waals surface area (Å²) >= 11 is 5.01. The molecule has 1 unspecified atom stereocenters. The second-order valence-electron chi connectivity index (χ2n) is 4.13. The first-order valence-electron chi connectivity index (χ1n) is 5.27. The van der Waals surface area contributed by atoms with Gasteiger partial charge in [0.05, 0.1) is 0 Å². The summed E-state index contributed by atoms with van der Waals surface area (Å²) < 4.78 is 0.927. The van der Waals surface area contributed by atoms with Crippen molar-refractivity contribution in [3.63, 3.8) is 0 Å². The summed E-state index contributed by atoms with van der Waals surface area (Å²) in [4.78, 5) is 6.73. The number of aromatic nitrogens is 1. The van der Waals surface area contributed by atoms with Crippen LogP contribution >= 0.6 is 27.3 Å². The molecule has 1 atom stereocenters. The van der Waals surface area contributed by atoms with Crippen LogP contribution in [0.2, 0.25) is 0 Å². The molecule has 0 amide bonds. The van der Waals surface area contributed by atoms with Crippen molar-refractivity contribution in [3.8, 4) is 0 Å². The Bertz CT molecular complexity index is 315. The minimum Gasteiger partial charge on any atom is -0.361 e. The van der Waals surface area contributed by atoms with E-state index in [9.17, 15) is 0 Å². The van der Waals surface area contributed by atoms with Gasteiger partial charge in [0, 0.05) is 18.5 Å². The average Bonchev–Trinajstić information content (AvgIpc) is 2.62. The van der Waals surface area contributed by atoms with Crippen molar-refractivity contribution < 1.29 is 0 Å². The maximum atomic E-state index is 4.32. The number of halogens is 1. The minimum atomic E-state index is 0.770. The summed E-state index contributed by atoms with van der Waals surface area (Å²) in [5.74, 6) is 0.770. The van der Waals surface area contributed by atoms with Crippen molar-refractivity contribution in [2.75, 3.05) is 32.0 Å². The lowest BCUT2D eigenvalue weighted by Crippen LogP contribution is -2.35. The molecule has 0 aromatic carbocycles. The molecule has 15 heavy (non-hydrogen) atoms. The molecule has 0 spiro atoms. The quantitative estimate of drug-likeness (QED) is 0.927. The first-order valence-corrected chi connectivity index (χ1v) is 6.95. The number of hydrogen-bond donors (Lipinski definition) is 1. The van der Waals surface area contributed by atoms with Gasteiger partial charge in [0.2, 0.25) is 0 Å². The van der Waals surface area contributed by atoms with Crippen LogP contribution in [0, 0.1) is 5.92 Å². The zero-order valence-electron chi connectivity index (χ0n) is 8.87. The number of nitrogens with one attached hydrogen (secondary N) is 1. The van der Waals surface area contributed by atoms with E-state index >= 15 is 0 Å². The van der Waals surface area contributed by atoms with Crippen molar-refractivity contribution in [1.82, 2.24) is 9.88 Å². The molecule has 0 radical (unpaired) electrons. The summed E-state index contributed by atoms with van der Waals surface area (Å²) in [6.07, 6.45) is 2.66. The number of nitrogens with zero attached hydrogens (tertiary/aromatic N) is 2. The molecule has 1 aliphatic heterocycles. The number of piperidine rings is 1. The van der Waals surface area contributed by atoms with Crippen LogP contribution in [0.5, 0.6) is 0 Å². The van der Waals surface area contributed by atoms with Gasteiger partial charge < -0.3 is 10.2 Å². The van der Waals surface area contributed by atoms with Crippen LogP contribution in [0.15, 0.2) is 9.98 Å². The van der Waals surface area contributed by atoms with E-state index in [1.807, 2.05) is 5.38 Å². The summed E-state index contributed by atoms with van der Waals surface area (Å²) in [6.45, 7) is 3.50. The lowest BCUT2D eigenvalue weighted by Gasteiger charge is -2.29. The highest BCUT2D eigenvalue weighted by molar-refractivity contribution is 9.10. The smallest absolute Gasteiger partial charge is 0.183 e. The van der Waals surface area contributed by atoms with E-state index in [2.05, 4.69) is 38.2 Å². The first kappa shape index (κ1) is 11.4. The molecule has 1 fully saturated rings. The maximum Gasteiger partial charge on any atom is 0.183 e. The van der Waals surface area contributed by atoms with Crippen LogP contribution in [0.25, 0.3) is 0 Å². The summed E-state index contributed by atoms with van der Waals surface area (Å²) in [7, 11) is 2.20. The standard InChI is InChI=1S/C10H16BrN3S/c1-14-4-2-3-8(6-14)5-12-10-13-9(11)7-15-10/h7-8H,2-6H2,1H3,(H,12,13). The lowest BCUT2D eigenvalue weighted by atomic mass is 9.99. The third-order valence-corrected chi connectivity index (χ3v) is 4.25. The zero-order chi connectivity index (χ0) is 10.7. The molecule has 1 N–H and O–H groups in total. The summed E-state index contributed by atoms with van der Waals surface area (Å²) in [5, 5.41) is 6.44. The largest absolute Gasteiger partial charge is 0.361 e. The summed E-state index contributed by atoms with van der Waals surface area (Å²) in [5.41, 5.74) is 0. The Kier molecular flexibility index (Phi) is 3.99. The Morgan fingerprint density at radius 3 is 3.27 bits per heavy atom. The molecule has 5 heteroatoms. The van der Waals surface area contributed by atoms with E-state index in [0.29, 0.717) is 0 Å². The Hall–Kier alpha value is -0.130. The maximum absolute atomic E-state index is 4.32. The molecule has 0 saturated carbocycles. The molecule has 1 saturated heterocycles. The van der Waals surface area contributed by atoms with E-state index < -0.39 is 0 Å². The van der Waals surface area contributed by atoms with Gasteiger partial charge in [-0.1, -0.05) is 0 Å². The molecule has 2 heterocycles. The molecule has 3 nitrogen and oxygen atoms in total. The number of likely N-dealkylation sites (tertiary alicyclic amines) is 1. The number of thiazole rings is 1. The SMILES string of the molecule is CN1CCCC(CNc2nc(Br)cs2)C1. The fourth-order valence-corrected chi connectivity index (χ4v) is 3.16. The van der Waals surface area contributed by atoms with Gasteiger partial charge in [-0.3, -0.25) is 0 Å². The van der Waals surface area contributed by atoms with E-state index in [-0.39, 0.29) is 0 Å². The van der Waals surface area contributed by atoms with E-state index in [4.69, 9.17) is 0 Å². The highest BCUT2D eigenvalue weighted by atomic mass is 79.9. The van der Waals surface area contributed by atoms with Crippen molar-refractivity contribution in [3.05, 3.63) is 9.98 Å². The normalized spacial score (nSPS) is 22.9. The molecular weight excluding hydrogens is 274 g/mol. The monoisotopic (exact) mass is 289 g/mol. The van der Waals surface area contributed by atoms with Crippen molar-refractivity contribution in [2.45, 2.75) is 12.8 Å². The van der Waals surface area contributed by atoms with Crippen LogP contribution in [0.1, 0.15) is 12.8 Å². The fraction of sp³-hybridized carbons (Fsp3) is 0.700. The van der Waals surface area contributed by atoms with Gasteiger partial charge in [-0.25, -0.2) is 4.98 Å². The minimum absolute atomic E-state index is 0.770. The number of anilines is 1. The third-order valence-electron chi connectivity index (χ3n) is 2.74. The van der Waals surface area contributed by atoms with Crippen LogP contribution < -0.4 is 5.32 Å². The first-order chi connectivity index (χ1) is 7.24. The molecular formula is C10H16BrN3S. The molecule has 1 aromatic rings. The predicted molar refractivity (Wildman–Crippen MR) is 68.5 cm³/mol. The third kappa shape index (κ3) is 3.43. The Labute approximate surface area is 103 Å². The highest BCUT2D eigenvalue weighted by Gasteiger charge is 2.16. The van der Waals surface area contributed by atoms with E-state index in [0.717, 1.165) is 22.2 Å². The average molecular weight is 290 g/mol. The van der Waals surface area contributed by atoms with Gasteiger partial charge in [0.1, 0.15) is 4.60 Å². The molecule has 1 aromatic heterocycles. The van der Waals surface area contributed by atoms with Crippen molar-refractivity contribution in [2.24, 2.45) is 5.92 Å². The number of hydrogen-bond acceptors (Lipinski definition) is 4. The molecule has 0 bridgehead atoms. The van der Waals surface area contributed by atoms with Crippen LogP contribution in [0.4, 0.5) is 5.13 Å². The molecule has 1 aliphatic rings. The molecule has 2 rings (SSSR count). The van der Waals surface area contributed by atoms with E-state index in [1.54, 1.807) is 11.3 Å². The Balaban J connectivity index is 1.77. The highest BCUT2D eigenvalue weighted by Crippen LogP contribution is 2.21. The van der Waals surface area contributed by atoms with Crippen molar-refractivity contribution in [1.29, 1.82) is 0 Å². The molecule has 0 aliphatic carbocycles. The Morgan fingerprint density at radius 2 is 2.60 bits per heavy atom. The fourth-order valence-electron chi connectivity index (χ4n) is 2.01. The lowest BCUT2D eigenvalue weighted by molar-refractivity contribution is 0.217. The van der Waals surface area contributed by atoms with Gasteiger partial charge in [0.15, 0.2) is 5.13 Å². The van der Waals surface area contributed by atoms with Crippen LogP contribution in [-0.4, -0.2) is 36.6 Å². The Morgan fingerprint density at radius 1 is 1.73 bits per heavy atom. The van der Waals surface area contributed by atoms with Gasteiger partial charge in [-0.15, -0.1) is 11.3 Å². The second-order valence-corrected chi connectivity index (χ2v) is 5.80. The van der Waals surface area contributed by atoms with E-state index in [1.165, 1.54) is 25.9 Å². The number of rotatable bonds is 3. The van der Waals surface area contributed by atoms with Crippen molar-refractivity contribution >= 4 is 32.4 Å². The van der Waals surface area contributed by atoms with Gasteiger partial charge in [-0.2, -0.15) is 0 Å². The summed E-state index contributed by atoms with van der Waals surface area (Å²) in [6, 6.07) is 0. The second kappa shape index (κ2) is 5.27. The zero-order valence-corrected chi connectivity index (χ0v) is 11.3. The van der Waals surface area contributed by atoms with Gasteiger partial charge >= 0.3 is 0 Å².